The number of hydrogen-bond donors (Lipinski definition) is 2. The zero-order valence-corrected chi connectivity index (χ0v) is 12.4. The Hall–Kier alpha value is 0.0900. The van der Waals surface area contributed by atoms with Crippen molar-refractivity contribution >= 4 is 10.4 Å². The molecule has 0 amide bonds. The molecule has 0 heterocycles. The summed E-state index contributed by atoms with van der Waals surface area (Å²) in [5, 5.41) is 0. The van der Waals surface area contributed by atoms with Crippen molar-refractivity contribution in [2.24, 2.45) is 0 Å². The zero-order chi connectivity index (χ0) is 11.7. The van der Waals surface area contributed by atoms with Crippen molar-refractivity contribution in [1.29, 1.82) is 0 Å². The molecule has 0 unspecified atom stereocenters. The van der Waals surface area contributed by atoms with E-state index >= 15 is 0 Å². The van der Waals surface area contributed by atoms with E-state index in [-0.39, 0.29) is 31.0 Å². The normalized spacial score (nSPS) is 9.69. The van der Waals surface area contributed by atoms with Crippen LogP contribution in [0.15, 0.2) is 30.3 Å². The van der Waals surface area contributed by atoms with Gasteiger partial charge in [-0.25, -0.2) is 0 Å². The van der Waals surface area contributed by atoms with Crippen LogP contribution in [0.4, 0.5) is 0 Å². The minimum Gasteiger partial charge on any atom is -1.00 e. The van der Waals surface area contributed by atoms with Crippen molar-refractivity contribution in [1.82, 2.24) is 0 Å². The molecule has 0 aliphatic heterocycles. The molecule has 1 aromatic rings. The summed E-state index contributed by atoms with van der Waals surface area (Å²) in [6, 6.07) is 10.6. The molecule has 0 bridgehead atoms. The van der Waals surface area contributed by atoms with E-state index in [9.17, 15) is 0 Å². The van der Waals surface area contributed by atoms with Gasteiger partial charge in [0.1, 0.15) is 0 Å². The van der Waals surface area contributed by atoms with Gasteiger partial charge in [0.05, 0.1) is 0 Å². The van der Waals surface area contributed by atoms with Gasteiger partial charge < -0.3 is 1.43 Å². The number of unbranched alkanes of at least 4 members (excludes halogenated alkanes) is 1. The van der Waals surface area contributed by atoms with E-state index < -0.39 is 10.4 Å². The molecule has 2 N–H and O–H groups in total. The maximum absolute atomic E-state index is 8.74. The van der Waals surface area contributed by atoms with E-state index in [0.29, 0.717) is 0 Å². The van der Waals surface area contributed by atoms with Crippen molar-refractivity contribution in [3.63, 3.8) is 0 Å². The zero-order valence-electron chi connectivity index (χ0n) is 10.6. The average Bonchev–Trinajstić information content (AvgIpc) is 2.14. The number of rotatable bonds is 3. The molecule has 1 rings (SSSR count). The number of benzene rings is 1. The molecule has 0 saturated carbocycles. The van der Waals surface area contributed by atoms with Crippen LogP contribution >= 0.6 is 0 Å². The quantitative estimate of drug-likeness (QED) is 0.564. The van der Waals surface area contributed by atoms with Gasteiger partial charge >= 0.3 is 40.0 Å². The van der Waals surface area contributed by atoms with Crippen LogP contribution in [-0.4, -0.2) is 17.5 Å². The summed E-state index contributed by atoms with van der Waals surface area (Å²) < 4.78 is 31.6. The first-order valence-electron chi connectivity index (χ1n) is 4.67. The Morgan fingerprint density at radius 3 is 2.00 bits per heavy atom. The molecule has 88 valence electrons. The Bertz CT molecular complexity index is 348. The molecule has 0 aromatic heterocycles. The Morgan fingerprint density at radius 2 is 1.62 bits per heavy atom. The molecular formula is C10H17NaO4S. The third kappa shape index (κ3) is 16.5. The molecule has 0 aliphatic rings. The Labute approximate surface area is 120 Å². The molecular weight excluding hydrogens is 239 g/mol. The van der Waals surface area contributed by atoms with Crippen molar-refractivity contribution in [2.75, 3.05) is 0 Å². The van der Waals surface area contributed by atoms with Crippen LogP contribution in [-0.2, 0) is 16.8 Å². The molecule has 6 heteroatoms. The molecule has 0 saturated heterocycles. The second kappa shape index (κ2) is 10.3. The number of aryl methyl sites for hydroxylation is 1. The summed E-state index contributed by atoms with van der Waals surface area (Å²) in [5.41, 5.74) is 1.46. The van der Waals surface area contributed by atoms with Crippen LogP contribution < -0.4 is 29.6 Å². The minimum atomic E-state index is -4.67. The third-order valence-corrected chi connectivity index (χ3v) is 1.66. The van der Waals surface area contributed by atoms with Gasteiger partial charge in [-0.2, -0.15) is 8.42 Å². The first kappa shape index (κ1) is 18.5. The minimum absolute atomic E-state index is 0. The van der Waals surface area contributed by atoms with Gasteiger partial charge in [0.25, 0.3) is 0 Å². The van der Waals surface area contributed by atoms with Crippen molar-refractivity contribution in [3.8, 4) is 0 Å². The van der Waals surface area contributed by atoms with Crippen LogP contribution in [0.5, 0.6) is 0 Å². The first-order valence-corrected chi connectivity index (χ1v) is 6.07. The van der Waals surface area contributed by atoms with Crippen LogP contribution in [0.2, 0.25) is 0 Å². The summed E-state index contributed by atoms with van der Waals surface area (Å²) in [5.74, 6) is 0. The molecule has 0 aliphatic carbocycles. The monoisotopic (exact) mass is 256 g/mol. The Kier molecular flexibility index (Phi) is 11.8. The topological polar surface area (TPSA) is 74.6 Å². The van der Waals surface area contributed by atoms with Gasteiger partial charge in [0.2, 0.25) is 0 Å². The summed E-state index contributed by atoms with van der Waals surface area (Å²) >= 11 is 0. The van der Waals surface area contributed by atoms with E-state index in [4.69, 9.17) is 17.5 Å². The van der Waals surface area contributed by atoms with Crippen molar-refractivity contribution < 1.29 is 48.5 Å². The summed E-state index contributed by atoms with van der Waals surface area (Å²) in [4.78, 5) is 0. The summed E-state index contributed by atoms with van der Waals surface area (Å²) in [6.07, 6.45) is 3.83. The van der Waals surface area contributed by atoms with Gasteiger partial charge in [-0.05, 0) is 18.4 Å². The first-order chi connectivity index (χ1) is 6.93. The molecule has 0 fully saturated rings. The second-order valence-electron chi connectivity index (χ2n) is 3.04. The predicted octanol–water partition coefficient (Wildman–Crippen LogP) is -0.507. The molecule has 4 nitrogen and oxygen atoms in total. The van der Waals surface area contributed by atoms with Crippen molar-refractivity contribution in [2.45, 2.75) is 26.2 Å². The van der Waals surface area contributed by atoms with E-state index in [1.54, 1.807) is 0 Å². The fraction of sp³-hybridized carbons (Fsp3) is 0.400. The predicted molar refractivity (Wildman–Crippen MR) is 60.3 cm³/mol. The number of hydrogen-bond acceptors (Lipinski definition) is 2. The van der Waals surface area contributed by atoms with Crippen LogP contribution in [0.1, 0.15) is 26.8 Å². The molecule has 1 aromatic carbocycles. The smallest absolute Gasteiger partial charge is 1.00 e. The van der Waals surface area contributed by atoms with Gasteiger partial charge in [-0.15, -0.1) is 0 Å². The largest absolute Gasteiger partial charge is 1.00 e. The third-order valence-electron chi connectivity index (χ3n) is 1.66. The van der Waals surface area contributed by atoms with E-state index in [2.05, 4.69) is 37.3 Å². The molecule has 16 heavy (non-hydrogen) atoms. The van der Waals surface area contributed by atoms with Crippen LogP contribution in [0, 0.1) is 0 Å². The summed E-state index contributed by atoms with van der Waals surface area (Å²) in [6.45, 7) is 2.23. The Balaban J connectivity index is -0.000000247. The second-order valence-corrected chi connectivity index (χ2v) is 3.93. The standard InChI is InChI=1S/C10H14.Na.H2O4S.H/c1-2-3-7-10-8-5-4-6-9-10;;1-5(2,3)4;/h4-6,8-9H,2-3,7H2,1H3;;(H2,1,2,3,4);/q;+1;;-1. The van der Waals surface area contributed by atoms with Gasteiger partial charge in [-0.3, -0.25) is 9.11 Å². The van der Waals surface area contributed by atoms with Gasteiger partial charge in [0.15, 0.2) is 0 Å². The van der Waals surface area contributed by atoms with Gasteiger partial charge in [0, 0.05) is 0 Å². The van der Waals surface area contributed by atoms with Crippen LogP contribution in [0.25, 0.3) is 0 Å². The maximum Gasteiger partial charge on any atom is 1.00 e. The van der Waals surface area contributed by atoms with Gasteiger partial charge in [-0.1, -0.05) is 43.7 Å². The van der Waals surface area contributed by atoms with E-state index in [1.807, 2.05) is 0 Å². The fourth-order valence-electron chi connectivity index (χ4n) is 1.03. The molecule has 0 spiro atoms. The Morgan fingerprint density at radius 1 is 1.19 bits per heavy atom. The fourth-order valence-corrected chi connectivity index (χ4v) is 1.03. The molecule has 0 atom stereocenters. The van der Waals surface area contributed by atoms with E-state index in [0.717, 1.165) is 0 Å². The molecule has 0 radical (unpaired) electrons. The maximum atomic E-state index is 8.74. The van der Waals surface area contributed by atoms with Crippen LogP contribution in [0.3, 0.4) is 0 Å². The average molecular weight is 256 g/mol. The van der Waals surface area contributed by atoms with Crippen molar-refractivity contribution in [3.05, 3.63) is 35.9 Å². The van der Waals surface area contributed by atoms with E-state index in [1.165, 1.54) is 24.8 Å². The summed E-state index contributed by atoms with van der Waals surface area (Å²) in [7, 11) is -4.67. The SMILES string of the molecule is CCCCc1ccccc1.O=S(=O)(O)O.[H-].[Na+].